The molecule has 0 aromatic heterocycles. The van der Waals surface area contributed by atoms with Crippen molar-refractivity contribution in [3.05, 3.63) is 0 Å². The Morgan fingerprint density at radius 2 is 1.93 bits per heavy atom. The average Bonchev–Trinajstić information content (AvgIpc) is 2.91. The predicted molar refractivity (Wildman–Crippen MR) is 62.6 cm³/mol. The molecule has 3 atom stereocenters. The number of fused-ring (bicyclic) bond motifs is 1. The Morgan fingerprint density at radius 3 is 2.40 bits per heavy atom. The van der Waals surface area contributed by atoms with E-state index in [0.29, 0.717) is 11.5 Å². The lowest BCUT2D eigenvalue weighted by Gasteiger charge is -2.44. The molecule has 2 heteroatoms. The third kappa shape index (κ3) is 1.45. The molecule has 2 aliphatic carbocycles. The Kier molecular flexibility index (Phi) is 2.16. The van der Waals surface area contributed by atoms with Crippen LogP contribution < -0.4 is 5.73 Å². The van der Waals surface area contributed by atoms with Crippen molar-refractivity contribution in [3.8, 4) is 0 Å². The van der Waals surface area contributed by atoms with Gasteiger partial charge in [-0.3, -0.25) is 0 Å². The molecule has 3 fully saturated rings. The van der Waals surface area contributed by atoms with E-state index in [-0.39, 0.29) is 0 Å². The third-order valence-corrected chi connectivity index (χ3v) is 5.34. The first kappa shape index (κ1) is 10.1. The second-order valence-electron chi connectivity index (χ2n) is 6.38. The van der Waals surface area contributed by atoms with Gasteiger partial charge < -0.3 is 10.6 Å². The van der Waals surface area contributed by atoms with E-state index in [1.54, 1.807) is 0 Å². The summed E-state index contributed by atoms with van der Waals surface area (Å²) in [6.07, 6.45) is 5.61. The van der Waals surface area contributed by atoms with Crippen molar-refractivity contribution < 1.29 is 0 Å². The van der Waals surface area contributed by atoms with Gasteiger partial charge in [0.1, 0.15) is 0 Å². The number of nitrogens with two attached hydrogens (primary N) is 1. The Bertz CT molecular complexity index is 253. The van der Waals surface area contributed by atoms with E-state index in [9.17, 15) is 0 Å². The lowest BCUT2D eigenvalue weighted by molar-refractivity contribution is 0.0652. The molecule has 2 nitrogen and oxygen atoms in total. The summed E-state index contributed by atoms with van der Waals surface area (Å²) < 4.78 is 0. The summed E-state index contributed by atoms with van der Waals surface area (Å²) in [5.41, 5.74) is 6.99. The molecule has 1 heterocycles. The van der Waals surface area contributed by atoms with E-state index in [4.69, 9.17) is 5.73 Å². The quantitative estimate of drug-likeness (QED) is 0.712. The fourth-order valence-electron chi connectivity index (χ4n) is 4.08. The zero-order valence-corrected chi connectivity index (χ0v) is 10.1. The maximum absolute atomic E-state index is 6.43. The molecule has 0 amide bonds. The molecule has 0 aromatic carbocycles. The lowest BCUT2D eigenvalue weighted by atomic mass is 9.71. The number of hydrogen-bond donors (Lipinski definition) is 1. The standard InChI is InChI=1S/C13H24N2/c1-9(2)15-5-3-13(4-6-15)8-10-7-11(10)12(13)14/h9-12H,3-8,14H2,1-2H3/t10?,11?,12-/m1/s1. The van der Waals surface area contributed by atoms with Gasteiger partial charge in [-0.05, 0) is 69.9 Å². The van der Waals surface area contributed by atoms with Crippen molar-refractivity contribution in [3.63, 3.8) is 0 Å². The lowest BCUT2D eigenvalue weighted by Crippen LogP contribution is -2.50. The topological polar surface area (TPSA) is 29.3 Å². The number of rotatable bonds is 1. The van der Waals surface area contributed by atoms with E-state index in [2.05, 4.69) is 18.7 Å². The molecule has 1 aliphatic heterocycles. The van der Waals surface area contributed by atoms with Gasteiger partial charge in [-0.2, -0.15) is 0 Å². The summed E-state index contributed by atoms with van der Waals surface area (Å²) in [6, 6.07) is 1.26. The number of piperidine rings is 1. The summed E-state index contributed by atoms with van der Waals surface area (Å²) in [5, 5.41) is 0. The van der Waals surface area contributed by atoms with Crippen molar-refractivity contribution in [1.29, 1.82) is 0 Å². The van der Waals surface area contributed by atoms with Crippen molar-refractivity contribution in [2.45, 2.75) is 51.6 Å². The van der Waals surface area contributed by atoms with Crippen LogP contribution >= 0.6 is 0 Å². The normalized spacial score (nSPS) is 43.6. The fraction of sp³-hybridized carbons (Fsp3) is 1.00. The van der Waals surface area contributed by atoms with Crippen LogP contribution in [0.5, 0.6) is 0 Å². The number of nitrogens with zero attached hydrogens (tertiary/aromatic N) is 1. The third-order valence-electron chi connectivity index (χ3n) is 5.34. The first-order valence-electron chi connectivity index (χ1n) is 6.62. The molecular weight excluding hydrogens is 184 g/mol. The zero-order chi connectivity index (χ0) is 10.6. The molecule has 2 unspecified atom stereocenters. The van der Waals surface area contributed by atoms with Gasteiger partial charge in [-0.25, -0.2) is 0 Å². The molecule has 0 aromatic rings. The van der Waals surface area contributed by atoms with E-state index in [1.807, 2.05) is 0 Å². The van der Waals surface area contributed by atoms with Crippen LogP contribution in [-0.2, 0) is 0 Å². The highest BCUT2D eigenvalue weighted by atomic mass is 15.2. The summed E-state index contributed by atoms with van der Waals surface area (Å²) in [5.74, 6) is 1.93. The molecule has 3 aliphatic rings. The summed E-state index contributed by atoms with van der Waals surface area (Å²) in [7, 11) is 0. The maximum atomic E-state index is 6.43. The molecule has 1 spiro atoms. The van der Waals surface area contributed by atoms with Gasteiger partial charge in [0.25, 0.3) is 0 Å². The minimum Gasteiger partial charge on any atom is -0.327 e. The fourth-order valence-corrected chi connectivity index (χ4v) is 4.08. The number of hydrogen-bond acceptors (Lipinski definition) is 2. The Labute approximate surface area is 93.2 Å². The van der Waals surface area contributed by atoms with E-state index in [1.165, 1.54) is 38.8 Å². The van der Waals surface area contributed by atoms with Crippen LogP contribution in [0.4, 0.5) is 0 Å². The highest BCUT2D eigenvalue weighted by Gasteiger charge is 2.59. The van der Waals surface area contributed by atoms with Gasteiger partial charge in [0, 0.05) is 12.1 Å². The van der Waals surface area contributed by atoms with Crippen LogP contribution in [0.15, 0.2) is 0 Å². The average molecular weight is 208 g/mol. The maximum Gasteiger partial charge on any atom is 0.0128 e. The van der Waals surface area contributed by atoms with E-state index >= 15 is 0 Å². The van der Waals surface area contributed by atoms with Crippen LogP contribution in [0.25, 0.3) is 0 Å². The Balaban J connectivity index is 1.66. The molecule has 86 valence electrons. The van der Waals surface area contributed by atoms with Crippen molar-refractivity contribution in [2.24, 2.45) is 23.0 Å². The molecule has 3 rings (SSSR count). The van der Waals surface area contributed by atoms with E-state index < -0.39 is 0 Å². The second-order valence-corrected chi connectivity index (χ2v) is 6.38. The molecule has 0 radical (unpaired) electrons. The molecule has 2 saturated carbocycles. The first-order valence-corrected chi connectivity index (χ1v) is 6.62. The van der Waals surface area contributed by atoms with Crippen LogP contribution in [0.3, 0.4) is 0 Å². The molecule has 15 heavy (non-hydrogen) atoms. The summed E-state index contributed by atoms with van der Waals surface area (Å²) in [6.45, 7) is 7.18. The van der Waals surface area contributed by atoms with Gasteiger partial charge in [0.05, 0.1) is 0 Å². The van der Waals surface area contributed by atoms with Gasteiger partial charge in [0.2, 0.25) is 0 Å². The Morgan fingerprint density at radius 1 is 1.27 bits per heavy atom. The van der Waals surface area contributed by atoms with Gasteiger partial charge >= 0.3 is 0 Å². The predicted octanol–water partition coefficient (Wildman–Crippen LogP) is 1.84. The van der Waals surface area contributed by atoms with Crippen LogP contribution in [0.1, 0.15) is 39.5 Å². The van der Waals surface area contributed by atoms with Crippen molar-refractivity contribution >= 4 is 0 Å². The SMILES string of the molecule is CC(C)N1CCC2(CC1)CC1CC1[C@H]2N. The van der Waals surface area contributed by atoms with Crippen LogP contribution in [0.2, 0.25) is 0 Å². The second kappa shape index (κ2) is 3.21. The van der Waals surface area contributed by atoms with Gasteiger partial charge in [0.15, 0.2) is 0 Å². The summed E-state index contributed by atoms with van der Waals surface area (Å²) >= 11 is 0. The molecule has 1 saturated heterocycles. The number of likely N-dealkylation sites (tertiary alicyclic amines) is 1. The minimum atomic E-state index is 0.539. The molecule has 2 N–H and O–H groups in total. The van der Waals surface area contributed by atoms with Crippen LogP contribution in [0, 0.1) is 17.3 Å². The first-order chi connectivity index (χ1) is 7.12. The van der Waals surface area contributed by atoms with E-state index in [0.717, 1.165) is 17.9 Å². The Hall–Kier alpha value is -0.0800. The largest absolute Gasteiger partial charge is 0.327 e. The highest BCUT2D eigenvalue weighted by Crippen LogP contribution is 2.62. The summed E-state index contributed by atoms with van der Waals surface area (Å²) in [4.78, 5) is 2.61. The monoisotopic (exact) mass is 208 g/mol. The highest BCUT2D eigenvalue weighted by molar-refractivity contribution is 5.12. The van der Waals surface area contributed by atoms with Gasteiger partial charge in [-0.1, -0.05) is 0 Å². The van der Waals surface area contributed by atoms with Crippen molar-refractivity contribution in [1.82, 2.24) is 4.90 Å². The van der Waals surface area contributed by atoms with Gasteiger partial charge in [-0.15, -0.1) is 0 Å². The van der Waals surface area contributed by atoms with Crippen LogP contribution in [-0.4, -0.2) is 30.1 Å². The molecular formula is C13H24N2. The smallest absolute Gasteiger partial charge is 0.0128 e. The minimum absolute atomic E-state index is 0.539. The zero-order valence-electron chi connectivity index (χ0n) is 10.1. The molecule has 0 bridgehead atoms. The van der Waals surface area contributed by atoms with Crippen molar-refractivity contribution in [2.75, 3.05) is 13.1 Å².